The van der Waals surface area contributed by atoms with Gasteiger partial charge in [-0.3, -0.25) is 0 Å². The Morgan fingerprint density at radius 2 is 1.68 bits per heavy atom. The van der Waals surface area contributed by atoms with E-state index in [1.165, 1.54) is 22.8 Å². The summed E-state index contributed by atoms with van der Waals surface area (Å²) in [7, 11) is 0. The number of aryl methyl sites for hydroxylation is 1. The third kappa shape index (κ3) is 3.38. The van der Waals surface area contributed by atoms with Crippen molar-refractivity contribution >= 4 is 0 Å². The Balaban J connectivity index is 2.00. The summed E-state index contributed by atoms with van der Waals surface area (Å²) in [5.41, 5.74) is 3.99. The van der Waals surface area contributed by atoms with Crippen molar-refractivity contribution in [3.63, 3.8) is 0 Å². The minimum Gasteiger partial charge on any atom is -0.308 e. The van der Waals surface area contributed by atoms with Crippen LogP contribution in [-0.2, 0) is 13.1 Å². The first kappa shape index (κ1) is 13.7. The van der Waals surface area contributed by atoms with Gasteiger partial charge in [0.15, 0.2) is 0 Å². The van der Waals surface area contributed by atoms with E-state index in [2.05, 4.69) is 25.2 Å². The van der Waals surface area contributed by atoms with Crippen molar-refractivity contribution in [1.29, 1.82) is 0 Å². The van der Waals surface area contributed by atoms with Gasteiger partial charge in [-0.1, -0.05) is 18.2 Å². The lowest BCUT2D eigenvalue weighted by Crippen LogP contribution is -2.15. The molecule has 2 rings (SSSR count). The van der Waals surface area contributed by atoms with Gasteiger partial charge in [-0.05, 0) is 48.7 Å². The summed E-state index contributed by atoms with van der Waals surface area (Å²) in [5.74, 6) is -0.792. The number of halogens is 2. The molecule has 1 nitrogen and oxygen atoms in total. The summed E-state index contributed by atoms with van der Waals surface area (Å²) in [4.78, 5) is 0. The first-order valence-corrected chi connectivity index (χ1v) is 6.27. The van der Waals surface area contributed by atoms with E-state index in [9.17, 15) is 8.78 Å². The van der Waals surface area contributed by atoms with Crippen molar-refractivity contribution in [2.45, 2.75) is 26.9 Å². The first-order chi connectivity index (χ1) is 9.08. The van der Waals surface area contributed by atoms with E-state index in [0.717, 1.165) is 12.1 Å². The number of nitrogens with one attached hydrogen (secondary N) is 1. The second kappa shape index (κ2) is 5.93. The van der Waals surface area contributed by atoms with E-state index in [4.69, 9.17) is 0 Å². The molecule has 0 heterocycles. The number of benzene rings is 2. The Morgan fingerprint density at radius 1 is 0.947 bits per heavy atom. The third-order valence-corrected chi connectivity index (χ3v) is 3.36. The van der Waals surface area contributed by atoms with Gasteiger partial charge in [-0.25, -0.2) is 8.78 Å². The zero-order chi connectivity index (χ0) is 13.8. The SMILES string of the molecule is Cc1cccc(CNCc2cc(F)ccc2F)c1C. The van der Waals surface area contributed by atoms with Crippen LogP contribution in [0.1, 0.15) is 22.3 Å². The highest BCUT2D eigenvalue weighted by Gasteiger charge is 2.04. The van der Waals surface area contributed by atoms with Crippen LogP contribution in [0, 0.1) is 25.5 Å². The third-order valence-electron chi connectivity index (χ3n) is 3.36. The van der Waals surface area contributed by atoms with E-state index in [-0.39, 0.29) is 5.82 Å². The molecule has 0 spiro atoms. The summed E-state index contributed by atoms with van der Waals surface area (Å²) in [6.45, 7) is 5.08. The van der Waals surface area contributed by atoms with Crippen molar-refractivity contribution in [1.82, 2.24) is 5.32 Å². The van der Waals surface area contributed by atoms with Crippen LogP contribution in [0.15, 0.2) is 36.4 Å². The maximum absolute atomic E-state index is 13.4. The van der Waals surface area contributed by atoms with Gasteiger partial charge in [0.25, 0.3) is 0 Å². The topological polar surface area (TPSA) is 12.0 Å². The normalized spacial score (nSPS) is 10.7. The summed E-state index contributed by atoms with van der Waals surface area (Å²) in [5, 5.41) is 3.15. The lowest BCUT2D eigenvalue weighted by atomic mass is 10.0. The van der Waals surface area contributed by atoms with Crippen LogP contribution in [0.5, 0.6) is 0 Å². The van der Waals surface area contributed by atoms with Gasteiger partial charge in [0.2, 0.25) is 0 Å². The van der Waals surface area contributed by atoms with Crippen molar-refractivity contribution in [2.75, 3.05) is 0 Å². The molecule has 19 heavy (non-hydrogen) atoms. The maximum Gasteiger partial charge on any atom is 0.127 e. The second-order valence-electron chi connectivity index (χ2n) is 4.70. The van der Waals surface area contributed by atoms with Crippen molar-refractivity contribution in [3.8, 4) is 0 Å². The molecule has 0 amide bonds. The fraction of sp³-hybridized carbons (Fsp3) is 0.250. The quantitative estimate of drug-likeness (QED) is 0.881. The van der Waals surface area contributed by atoms with Crippen LogP contribution in [0.4, 0.5) is 8.78 Å². The zero-order valence-corrected chi connectivity index (χ0v) is 11.1. The van der Waals surface area contributed by atoms with Crippen molar-refractivity contribution in [2.24, 2.45) is 0 Å². The molecule has 2 aromatic rings. The number of rotatable bonds is 4. The Bertz CT molecular complexity index is 577. The van der Waals surface area contributed by atoms with Crippen LogP contribution in [0.3, 0.4) is 0 Å². The molecule has 0 radical (unpaired) electrons. The maximum atomic E-state index is 13.4. The molecule has 0 aliphatic carbocycles. The second-order valence-corrected chi connectivity index (χ2v) is 4.70. The summed E-state index contributed by atoms with van der Waals surface area (Å²) in [6, 6.07) is 9.61. The molecule has 0 saturated heterocycles. The molecule has 0 unspecified atom stereocenters. The molecule has 0 aromatic heterocycles. The fourth-order valence-electron chi connectivity index (χ4n) is 2.01. The minimum atomic E-state index is -0.412. The molecule has 100 valence electrons. The molecule has 0 aliphatic heterocycles. The van der Waals surface area contributed by atoms with Gasteiger partial charge in [-0.15, -0.1) is 0 Å². The molecule has 3 heteroatoms. The Labute approximate surface area is 112 Å². The van der Waals surface area contributed by atoms with Crippen molar-refractivity contribution < 1.29 is 8.78 Å². The molecular weight excluding hydrogens is 244 g/mol. The van der Waals surface area contributed by atoms with E-state index in [1.54, 1.807) is 0 Å². The predicted octanol–water partition coefficient (Wildman–Crippen LogP) is 3.87. The minimum absolute atomic E-state index is 0.316. The molecule has 0 saturated carbocycles. The highest BCUT2D eigenvalue weighted by atomic mass is 19.1. The highest BCUT2D eigenvalue weighted by Crippen LogP contribution is 2.13. The van der Waals surface area contributed by atoms with Gasteiger partial charge in [0.1, 0.15) is 11.6 Å². The van der Waals surface area contributed by atoms with Crippen LogP contribution < -0.4 is 5.32 Å². The summed E-state index contributed by atoms with van der Waals surface area (Å²) < 4.78 is 26.5. The molecule has 2 aromatic carbocycles. The van der Waals surface area contributed by atoms with Crippen LogP contribution in [0.25, 0.3) is 0 Å². The molecule has 0 bridgehead atoms. The number of hydrogen-bond donors (Lipinski definition) is 1. The fourth-order valence-corrected chi connectivity index (χ4v) is 2.01. The van der Waals surface area contributed by atoms with Crippen LogP contribution >= 0.6 is 0 Å². The van der Waals surface area contributed by atoms with Gasteiger partial charge in [0.05, 0.1) is 0 Å². The van der Waals surface area contributed by atoms with Crippen LogP contribution in [-0.4, -0.2) is 0 Å². The van der Waals surface area contributed by atoms with Gasteiger partial charge >= 0.3 is 0 Å². The molecule has 0 fully saturated rings. The summed E-state index contributed by atoms with van der Waals surface area (Å²) >= 11 is 0. The molecular formula is C16H17F2N. The van der Waals surface area contributed by atoms with Gasteiger partial charge < -0.3 is 5.32 Å². The Kier molecular flexibility index (Phi) is 4.27. The molecule has 0 aliphatic rings. The zero-order valence-electron chi connectivity index (χ0n) is 11.1. The smallest absolute Gasteiger partial charge is 0.127 e. The Morgan fingerprint density at radius 3 is 2.47 bits per heavy atom. The van der Waals surface area contributed by atoms with E-state index >= 15 is 0 Å². The van der Waals surface area contributed by atoms with E-state index in [1.807, 2.05) is 12.1 Å². The number of hydrogen-bond acceptors (Lipinski definition) is 1. The Hall–Kier alpha value is -1.74. The largest absolute Gasteiger partial charge is 0.308 e. The molecule has 0 atom stereocenters. The predicted molar refractivity (Wildman–Crippen MR) is 72.8 cm³/mol. The van der Waals surface area contributed by atoms with Crippen LogP contribution in [0.2, 0.25) is 0 Å². The average Bonchev–Trinajstić information content (AvgIpc) is 2.38. The summed E-state index contributed by atoms with van der Waals surface area (Å²) in [6.07, 6.45) is 0. The van der Waals surface area contributed by atoms with E-state index < -0.39 is 5.82 Å². The van der Waals surface area contributed by atoms with Gasteiger partial charge in [0, 0.05) is 18.7 Å². The molecule has 1 N–H and O–H groups in total. The van der Waals surface area contributed by atoms with E-state index in [0.29, 0.717) is 18.7 Å². The monoisotopic (exact) mass is 261 g/mol. The van der Waals surface area contributed by atoms with Crippen molar-refractivity contribution in [3.05, 3.63) is 70.3 Å². The lowest BCUT2D eigenvalue weighted by Gasteiger charge is -2.10. The highest BCUT2D eigenvalue weighted by molar-refractivity contribution is 5.33. The van der Waals surface area contributed by atoms with Gasteiger partial charge in [-0.2, -0.15) is 0 Å². The standard InChI is InChI=1S/C16H17F2N/c1-11-4-3-5-13(12(11)2)9-19-10-14-8-15(17)6-7-16(14)18/h3-8,19H,9-10H2,1-2H3. The lowest BCUT2D eigenvalue weighted by molar-refractivity contribution is 0.568. The first-order valence-electron chi connectivity index (χ1n) is 6.27. The average molecular weight is 261 g/mol.